The van der Waals surface area contributed by atoms with Crippen LogP contribution in [0.15, 0.2) is 98.3 Å². The van der Waals surface area contributed by atoms with Crippen molar-refractivity contribution in [1.82, 2.24) is 4.57 Å². The number of nitrogens with zero attached hydrogens (tertiary/aromatic N) is 2. The molecule has 0 radical (unpaired) electrons. The zero-order chi connectivity index (χ0) is 30.2. The molecule has 10 heteroatoms. The van der Waals surface area contributed by atoms with Crippen LogP contribution < -0.4 is 19.6 Å². The lowest BCUT2D eigenvalue weighted by Gasteiger charge is -2.27. The average Bonchev–Trinajstić information content (AvgIpc) is 3.60. The van der Waals surface area contributed by atoms with Crippen molar-refractivity contribution >= 4 is 40.1 Å². The molecule has 0 saturated heterocycles. The highest BCUT2D eigenvalue weighted by atomic mass is 32.1. The SMILES string of the molecule is CCOC(=O)C1=C(C)N=c2sc(=Cc3ccc(-c4ccc(C(=O)O)cc4)o3)c(=O)n2C1c1c(OC)ccc2ccccc12. The van der Waals surface area contributed by atoms with Crippen molar-refractivity contribution in [2.75, 3.05) is 13.7 Å². The molecule has 1 aliphatic rings. The lowest BCUT2D eigenvalue weighted by Crippen LogP contribution is -2.40. The molecule has 0 bridgehead atoms. The molecule has 0 saturated carbocycles. The van der Waals surface area contributed by atoms with Crippen molar-refractivity contribution in [3.8, 4) is 17.1 Å². The third-order valence-corrected chi connectivity index (χ3v) is 8.24. The van der Waals surface area contributed by atoms with Crippen molar-refractivity contribution < 1.29 is 28.6 Å². The Bertz CT molecular complexity index is 2120. The summed E-state index contributed by atoms with van der Waals surface area (Å²) in [4.78, 5) is 43.8. The van der Waals surface area contributed by atoms with Crippen molar-refractivity contribution in [2.45, 2.75) is 19.9 Å². The highest BCUT2D eigenvalue weighted by Crippen LogP contribution is 2.40. The van der Waals surface area contributed by atoms with E-state index >= 15 is 0 Å². The fraction of sp³-hybridized carbons (Fsp3) is 0.152. The topological polar surface area (TPSA) is 120 Å². The van der Waals surface area contributed by atoms with Crippen molar-refractivity contribution in [3.63, 3.8) is 0 Å². The number of carbonyl (C=O) groups is 2. The summed E-state index contributed by atoms with van der Waals surface area (Å²) in [5.41, 5.74) is 1.91. The monoisotopic (exact) mass is 594 g/mol. The van der Waals surface area contributed by atoms with Crippen LogP contribution in [0.1, 0.15) is 41.6 Å². The average molecular weight is 595 g/mol. The van der Waals surface area contributed by atoms with Gasteiger partial charge >= 0.3 is 11.9 Å². The fourth-order valence-corrected chi connectivity index (χ4v) is 6.32. The summed E-state index contributed by atoms with van der Waals surface area (Å²) in [7, 11) is 1.56. The molecule has 43 heavy (non-hydrogen) atoms. The van der Waals surface area contributed by atoms with Crippen LogP contribution in [0.4, 0.5) is 0 Å². The number of carbonyl (C=O) groups excluding carboxylic acids is 1. The molecule has 1 atom stereocenters. The molecule has 0 amide bonds. The highest BCUT2D eigenvalue weighted by molar-refractivity contribution is 7.07. The number of thiazole rings is 1. The summed E-state index contributed by atoms with van der Waals surface area (Å²) < 4.78 is 19.1. The highest BCUT2D eigenvalue weighted by Gasteiger charge is 2.36. The Hall–Kier alpha value is -5.22. The first-order chi connectivity index (χ1) is 20.8. The van der Waals surface area contributed by atoms with E-state index in [1.54, 1.807) is 51.3 Å². The number of benzene rings is 3. The van der Waals surface area contributed by atoms with Crippen molar-refractivity contribution in [1.29, 1.82) is 0 Å². The summed E-state index contributed by atoms with van der Waals surface area (Å²) in [6.45, 7) is 3.64. The Balaban J connectivity index is 1.53. The van der Waals surface area contributed by atoms with Gasteiger partial charge in [-0.05, 0) is 55.0 Å². The molecule has 2 aromatic heterocycles. The maximum Gasteiger partial charge on any atom is 0.338 e. The van der Waals surface area contributed by atoms with Crippen molar-refractivity contribution in [3.05, 3.63) is 121 Å². The Morgan fingerprint density at radius 2 is 1.84 bits per heavy atom. The molecule has 5 aromatic rings. The number of carboxylic acid groups (broad SMARTS) is 1. The molecule has 1 unspecified atom stereocenters. The van der Waals surface area contributed by atoms with E-state index in [2.05, 4.69) is 4.99 Å². The summed E-state index contributed by atoms with van der Waals surface area (Å²) >= 11 is 1.19. The van der Waals surface area contributed by atoms with Gasteiger partial charge in [0, 0.05) is 17.2 Å². The largest absolute Gasteiger partial charge is 0.496 e. The molecule has 0 fully saturated rings. The molecule has 3 heterocycles. The molecular formula is C33H26N2O7S. The van der Waals surface area contributed by atoms with Crippen LogP contribution in [0.2, 0.25) is 0 Å². The Morgan fingerprint density at radius 3 is 2.56 bits per heavy atom. The van der Waals surface area contributed by atoms with E-state index in [9.17, 15) is 19.5 Å². The van der Waals surface area contributed by atoms with Gasteiger partial charge in [0.15, 0.2) is 4.80 Å². The third kappa shape index (κ3) is 4.95. The Labute approximate surface area is 249 Å². The molecule has 0 spiro atoms. The molecule has 6 rings (SSSR count). The van der Waals surface area contributed by atoms with E-state index in [-0.39, 0.29) is 23.3 Å². The van der Waals surface area contributed by atoms with E-state index in [0.717, 1.165) is 10.8 Å². The maximum absolute atomic E-state index is 14.1. The smallest absolute Gasteiger partial charge is 0.338 e. The summed E-state index contributed by atoms with van der Waals surface area (Å²) in [6, 6.07) is 20.5. The third-order valence-electron chi connectivity index (χ3n) is 7.26. The second-order valence-electron chi connectivity index (χ2n) is 9.79. The van der Waals surface area contributed by atoms with Crippen LogP contribution in [0, 0.1) is 0 Å². The number of allylic oxidation sites excluding steroid dienone is 1. The van der Waals surface area contributed by atoms with Crippen molar-refractivity contribution in [2.24, 2.45) is 4.99 Å². The number of aromatic carboxylic acids is 1. The molecular weight excluding hydrogens is 568 g/mol. The van der Waals surface area contributed by atoms with E-state index in [4.69, 9.17) is 13.9 Å². The normalized spacial score (nSPS) is 14.9. The van der Waals surface area contributed by atoms with Crippen LogP contribution in [-0.2, 0) is 9.53 Å². The molecule has 0 aliphatic carbocycles. The molecule has 216 valence electrons. The quantitative estimate of drug-likeness (QED) is 0.266. The van der Waals surface area contributed by atoms with Crippen LogP contribution in [0.3, 0.4) is 0 Å². The number of hydrogen-bond donors (Lipinski definition) is 1. The number of aromatic nitrogens is 1. The first-order valence-electron chi connectivity index (χ1n) is 13.5. The standard InChI is InChI=1S/C33H26N2O7S/c1-4-41-32(39)27-18(2)34-33-35(29(27)28-23-8-6-5-7-19(23)13-15-25(28)40-3)30(36)26(43-33)17-22-14-16-24(42-22)20-9-11-21(12-10-20)31(37)38/h5-17,29H,4H2,1-3H3,(H,37,38). The fourth-order valence-electron chi connectivity index (χ4n) is 5.29. The summed E-state index contributed by atoms with van der Waals surface area (Å²) in [5, 5.41) is 10.9. The summed E-state index contributed by atoms with van der Waals surface area (Å²) in [5.74, 6) is -0.0808. The zero-order valence-corrected chi connectivity index (χ0v) is 24.3. The minimum atomic E-state index is -1.01. The van der Waals surface area contributed by atoms with E-state index < -0.39 is 18.0 Å². The molecule has 9 nitrogen and oxygen atoms in total. The van der Waals surface area contributed by atoms with Gasteiger partial charge in [-0.1, -0.05) is 53.8 Å². The van der Waals surface area contributed by atoms with Gasteiger partial charge in [-0.15, -0.1) is 0 Å². The minimum Gasteiger partial charge on any atom is -0.496 e. The van der Waals surface area contributed by atoms with E-state index in [0.29, 0.717) is 43.4 Å². The van der Waals surface area contributed by atoms with Crippen LogP contribution in [-0.4, -0.2) is 35.3 Å². The van der Waals surface area contributed by atoms with E-state index in [1.165, 1.54) is 28.0 Å². The lowest BCUT2D eigenvalue weighted by atomic mass is 9.90. The first-order valence-corrected chi connectivity index (χ1v) is 14.3. The number of carboxylic acids is 1. The van der Waals surface area contributed by atoms with Gasteiger partial charge in [0.25, 0.3) is 5.56 Å². The lowest BCUT2D eigenvalue weighted by molar-refractivity contribution is -0.139. The van der Waals surface area contributed by atoms with Crippen LogP contribution in [0.5, 0.6) is 5.75 Å². The maximum atomic E-state index is 14.1. The van der Waals surface area contributed by atoms with Gasteiger partial charge in [-0.3, -0.25) is 9.36 Å². The van der Waals surface area contributed by atoms with Gasteiger partial charge in [-0.2, -0.15) is 0 Å². The number of hydrogen-bond acceptors (Lipinski definition) is 8. The number of rotatable bonds is 7. The second kappa shape index (κ2) is 11.2. The number of methoxy groups -OCH3 is 1. The van der Waals surface area contributed by atoms with Crippen LogP contribution in [0.25, 0.3) is 28.2 Å². The first kappa shape index (κ1) is 27.9. The number of fused-ring (bicyclic) bond motifs is 2. The van der Waals surface area contributed by atoms with Gasteiger partial charge in [-0.25, -0.2) is 14.6 Å². The minimum absolute atomic E-state index is 0.166. The van der Waals surface area contributed by atoms with Gasteiger partial charge in [0.05, 0.1) is 35.1 Å². The molecule has 1 N–H and O–H groups in total. The number of esters is 1. The Kier molecular flexibility index (Phi) is 7.29. The van der Waals surface area contributed by atoms with Gasteiger partial charge in [0.1, 0.15) is 23.3 Å². The second-order valence-corrected chi connectivity index (χ2v) is 10.8. The number of furan rings is 1. The molecule has 3 aromatic carbocycles. The molecule has 1 aliphatic heterocycles. The summed E-state index contributed by atoms with van der Waals surface area (Å²) in [6.07, 6.45) is 1.64. The predicted octanol–water partition coefficient (Wildman–Crippen LogP) is 4.92. The van der Waals surface area contributed by atoms with Crippen LogP contribution >= 0.6 is 11.3 Å². The number of ether oxygens (including phenoxy) is 2. The van der Waals surface area contributed by atoms with Gasteiger partial charge < -0.3 is 19.0 Å². The zero-order valence-electron chi connectivity index (χ0n) is 23.5. The van der Waals surface area contributed by atoms with E-state index in [1.807, 2.05) is 36.4 Å². The Morgan fingerprint density at radius 1 is 1.07 bits per heavy atom. The predicted molar refractivity (Wildman–Crippen MR) is 162 cm³/mol. The van der Waals surface area contributed by atoms with Gasteiger partial charge in [0.2, 0.25) is 0 Å².